The molecule has 0 radical (unpaired) electrons. The van der Waals surface area contributed by atoms with Gasteiger partial charge < -0.3 is 25.8 Å². The van der Waals surface area contributed by atoms with Gasteiger partial charge in [0.15, 0.2) is 17.2 Å². The van der Waals surface area contributed by atoms with Gasteiger partial charge >= 0.3 is 18.4 Å². The maximum Gasteiger partial charge on any atom is 0.573 e. The van der Waals surface area contributed by atoms with Gasteiger partial charge in [-0.25, -0.2) is 9.59 Å². The number of urea groups is 1. The van der Waals surface area contributed by atoms with E-state index < -0.39 is 36.1 Å². The number of aliphatic carboxylic acids is 1. The van der Waals surface area contributed by atoms with Crippen molar-refractivity contribution in [1.82, 2.24) is 19.9 Å². The number of nitrogens with one attached hydrogen (secondary N) is 3. The summed E-state index contributed by atoms with van der Waals surface area (Å²) in [4.78, 5) is 36.9. The largest absolute Gasteiger partial charge is 0.573 e. The number of carbonyl (C=O) groups is 3. The molecular formula is C27H25F3N6O5. The monoisotopic (exact) mass is 570 g/mol. The normalized spacial score (nSPS) is 12.1. The molecule has 0 spiro atoms. The van der Waals surface area contributed by atoms with Crippen molar-refractivity contribution in [3.63, 3.8) is 0 Å². The number of amides is 3. The lowest BCUT2D eigenvalue weighted by Crippen LogP contribution is -2.41. The predicted molar refractivity (Wildman–Crippen MR) is 143 cm³/mol. The van der Waals surface area contributed by atoms with E-state index in [9.17, 15) is 32.7 Å². The lowest BCUT2D eigenvalue weighted by molar-refractivity contribution is -0.274. The Hall–Kier alpha value is -5.14. The van der Waals surface area contributed by atoms with Crippen molar-refractivity contribution >= 4 is 34.9 Å². The van der Waals surface area contributed by atoms with Crippen LogP contribution in [-0.2, 0) is 4.79 Å². The van der Waals surface area contributed by atoms with Gasteiger partial charge in [0.1, 0.15) is 6.04 Å². The number of pyridine rings is 1. The molecule has 0 aliphatic rings. The van der Waals surface area contributed by atoms with Crippen LogP contribution in [0.5, 0.6) is 5.75 Å². The summed E-state index contributed by atoms with van der Waals surface area (Å²) in [5.74, 6) is -1.87. The Balaban J connectivity index is 1.48. The van der Waals surface area contributed by atoms with E-state index in [1.165, 1.54) is 24.3 Å². The quantitative estimate of drug-likeness (QED) is 0.217. The van der Waals surface area contributed by atoms with E-state index in [0.29, 0.717) is 17.1 Å². The number of carboxylic acids is 1. The fourth-order valence-electron chi connectivity index (χ4n) is 3.99. The van der Waals surface area contributed by atoms with Crippen LogP contribution in [0.15, 0.2) is 66.9 Å². The molecule has 214 valence electrons. The van der Waals surface area contributed by atoms with Gasteiger partial charge in [-0.05, 0) is 60.9 Å². The van der Waals surface area contributed by atoms with E-state index in [0.717, 1.165) is 6.07 Å². The van der Waals surface area contributed by atoms with Gasteiger partial charge in [-0.3, -0.25) is 9.20 Å². The minimum absolute atomic E-state index is 0.0506. The number of hydrogen-bond acceptors (Lipinski definition) is 6. The van der Waals surface area contributed by atoms with Crippen LogP contribution < -0.4 is 20.7 Å². The molecule has 1 atom stereocenters. The molecule has 4 rings (SSSR count). The zero-order valence-corrected chi connectivity index (χ0v) is 21.8. The number of nitrogens with zero attached hydrogens (tertiary/aromatic N) is 3. The fourth-order valence-corrected chi connectivity index (χ4v) is 3.99. The molecule has 11 nitrogen and oxygen atoms in total. The summed E-state index contributed by atoms with van der Waals surface area (Å²) in [6.07, 6.45) is -3.02. The minimum Gasteiger partial charge on any atom is -0.480 e. The third-order valence-electron chi connectivity index (χ3n) is 5.75. The molecule has 3 amide bonds. The Morgan fingerprint density at radius 2 is 1.68 bits per heavy atom. The number of fused-ring (bicyclic) bond motifs is 1. The SMILES string of the molecule is CC(C)C[C@@H](NC(=O)c1cccn2c(-c3ccc(NC(=O)Nc4ccccc4OC(F)(F)F)cc3)nnc12)C(=O)O. The molecule has 4 N–H and O–H groups in total. The average Bonchev–Trinajstić information content (AvgIpc) is 3.33. The fraction of sp³-hybridized carbons (Fsp3) is 0.222. The number of hydrogen-bond donors (Lipinski definition) is 4. The summed E-state index contributed by atoms with van der Waals surface area (Å²) < 4.78 is 43.4. The molecule has 0 aliphatic heterocycles. The van der Waals surface area contributed by atoms with E-state index >= 15 is 0 Å². The molecule has 0 unspecified atom stereocenters. The first-order valence-electron chi connectivity index (χ1n) is 12.3. The van der Waals surface area contributed by atoms with E-state index in [1.54, 1.807) is 40.9 Å². The van der Waals surface area contributed by atoms with Gasteiger partial charge in [0.25, 0.3) is 5.91 Å². The maximum atomic E-state index is 12.9. The van der Waals surface area contributed by atoms with Crippen LogP contribution in [0.3, 0.4) is 0 Å². The molecule has 14 heteroatoms. The van der Waals surface area contributed by atoms with Crippen molar-refractivity contribution in [2.45, 2.75) is 32.7 Å². The second-order valence-electron chi connectivity index (χ2n) is 9.33. The van der Waals surface area contributed by atoms with E-state index in [-0.39, 0.29) is 29.2 Å². The zero-order valence-electron chi connectivity index (χ0n) is 21.8. The first-order valence-corrected chi connectivity index (χ1v) is 12.3. The lowest BCUT2D eigenvalue weighted by Gasteiger charge is -2.16. The standard InChI is InChI=1S/C27H25F3N6O5/c1-15(2)14-20(25(38)39)32-24(37)18-6-5-13-36-22(34-35-23(18)36)16-9-11-17(12-10-16)31-26(40)33-19-7-3-4-8-21(19)41-27(28,29)30/h3-13,15,20H,14H2,1-2H3,(H,32,37)(H,38,39)(H2,31,33,40)/t20-/m1/s1. The Labute approximate surface area is 231 Å². The molecule has 0 saturated carbocycles. The molecule has 0 fully saturated rings. The van der Waals surface area contributed by atoms with Gasteiger partial charge in [0.2, 0.25) is 0 Å². The maximum absolute atomic E-state index is 12.9. The second kappa shape index (κ2) is 11.9. The van der Waals surface area contributed by atoms with Crippen LogP contribution in [-0.4, -0.2) is 50.0 Å². The minimum atomic E-state index is -4.92. The van der Waals surface area contributed by atoms with Crippen molar-refractivity contribution in [2.24, 2.45) is 5.92 Å². The molecule has 41 heavy (non-hydrogen) atoms. The van der Waals surface area contributed by atoms with Crippen molar-refractivity contribution < 1.29 is 37.4 Å². The van der Waals surface area contributed by atoms with Gasteiger partial charge in [-0.15, -0.1) is 23.4 Å². The molecular weight excluding hydrogens is 545 g/mol. The number of ether oxygens (including phenoxy) is 1. The van der Waals surface area contributed by atoms with Gasteiger partial charge in [-0.2, -0.15) is 0 Å². The number of alkyl halides is 3. The number of anilines is 2. The van der Waals surface area contributed by atoms with Crippen LogP contribution in [0.2, 0.25) is 0 Å². The topological polar surface area (TPSA) is 147 Å². The van der Waals surface area contributed by atoms with E-state index in [2.05, 4.69) is 30.9 Å². The number of aromatic nitrogens is 3. The summed E-state index contributed by atoms with van der Waals surface area (Å²) in [5, 5.41) is 25.1. The van der Waals surface area contributed by atoms with Crippen molar-refractivity contribution in [3.05, 3.63) is 72.4 Å². The number of para-hydroxylation sites is 2. The summed E-state index contributed by atoms with van der Waals surface area (Å²) in [5.41, 5.74) is 1.10. The molecule has 0 aliphatic carbocycles. The number of carboxylic acid groups (broad SMARTS) is 1. The van der Waals surface area contributed by atoms with Gasteiger partial charge in [0.05, 0.1) is 11.3 Å². The number of carbonyl (C=O) groups excluding carboxylic acids is 2. The number of rotatable bonds is 9. The van der Waals surface area contributed by atoms with Crippen LogP contribution in [0.4, 0.5) is 29.3 Å². The summed E-state index contributed by atoms with van der Waals surface area (Å²) in [6, 6.07) is 12.7. The zero-order chi connectivity index (χ0) is 29.7. The smallest absolute Gasteiger partial charge is 0.480 e. The van der Waals surface area contributed by atoms with Crippen LogP contribution in [0.25, 0.3) is 17.0 Å². The Morgan fingerprint density at radius 1 is 0.976 bits per heavy atom. The molecule has 2 aromatic carbocycles. The summed E-state index contributed by atoms with van der Waals surface area (Å²) >= 11 is 0. The van der Waals surface area contributed by atoms with Crippen molar-refractivity contribution in [1.29, 1.82) is 0 Å². The average molecular weight is 571 g/mol. The van der Waals surface area contributed by atoms with Gasteiger partial charge in [0, 0.05) is 17.4 Å². The molecule has 4 aromatic rings. The first-order chi connectivity index (χ1) is 19.4. The third-order valence-corrected chi connectivity index (χ3v) is 5.75. The number of halogens is 3. The highest BCUT2D eigenvalue weighted by molar-refractivity contribution is 6.02. The highest BCUT2D eigenvalue weighted by Crippen LogP contribution is 2.30. The van der Waals surface area contributed by atoms with E-state index in [4.69, 9.17) is 0 Å². The molecule has 0 saturated heterocycles. The molecule has 0 bridgehead atoms. The lowest BCUT2D eigenvalue weighted by atomic mass is 10.0. The van der Waals surface area contributed by atoms with Crippen molar-refractivity contribution in [2.75, 3.05) is 10.6 Å². The highest BCUT2D eigenvalue weighted by atomic mass is 19.4. The Morgan fingerprint density at radius 3 is 2.34 bits per heavy atom. The third kappa shape index (κ3) is 7.29. The van der Waals surface area contributed by atoms with Crippen molar-refractivity contribution in [3.8, 4) is 17.1 Å². The molecule has 2 heterocycles. The summed E-state index contributed by atoms with van der Waals surface area (Å²) in [6.45, 7) is 3.71. The highest BCUT2D eigenvalue weighted by Gasteiger charge is 2.32. The summed E-state index contributed by atoms with van der Waals surface area (Å²) in [7, 11) is 0. The van der Waals surface area contributed by atoms with Crippen LogP contribution in [0, 0.1) is 5.92 Å². The van der Waals surface area contributed by atoms with Gasteiger partial charge in [-0.1, -0.05) is 26.0 Å². The predicted octanol–water partition coefficient (Wildman–Crippen LogP) is 5.17. The first kappa shape index (κ1) is 28.9. The Kier molecular flexibility index (Phi) is 8.40. The Bertz CT molecular complexity index is 1570. The van der Waals surface area contributed by atoms with Crippen LogP contribution >= 0.6 is 0 Å². The van der Waals surface area contributed by atoms with E-state index in [1.807, 2.05) is 13.8 Å². The number of benzene rings is 2. The second-order valence-corrected chi connectivity index (χ2v) is 9.33. The van der Waals surface area contributed by atoms with Crippen LogP contribution in [0.1, 0.15) is 30.6 Å². The molecule has 2 aromatic heterocycles.